The van der Waals surface area contributed by atoms with Crippen LogP contribution in [0.25, 0.3) is 0 Å². The predicted octanol–water partition coefficient (Wildman–Crippen LogP) is 3.89. The van der Waals surface area contributed by atoms with Gasteiger partial charge in [-0.25, -0.2) is 0 Å². The van der Waals surface area contributed by atoms with E-state index in [2.05, 4.69) is 48.7 Å². The van der Waals surface area contributed by atoms with Crippen LogP contribution in [0.3, 0.4) is 0 Å². The second kappa shape index (κ2) is 8.37. The van der Waals surface area contributed by atoms with E-state index in [9.17, 15) is 4.79 Å². The fraction of sp³-hybridized carbons (Fsp3) is 0.350. The van der Waals surface area contributed by atoms with E-state index in [4.69, 9.17) is 0 Å². The van der Waals surface area contributed by atoms with Gasteiger partial charge >= 0.3 is 0 Å². The molecule has 0 aliphatic carbocycles. The van der Waals surface area contributed by atoms with Gasteiger partial charge in [-0.3, -0.25) is 4.79 Å². The first kappa shape index (κ1) is 17.1. The molecular formula is C20H26N2O. The van der Waals surface area contributed by atoms with Crippen molar-refractivity contribution in [3.63, 3.8) is 0 Å². The molecule has 3 heteroatoms. The second-order valence-corrected chi connectivity index (χ2v) is 6.16. The van der Waals surface area contributed by atoms with E-state index in [0.717, 1.165) is 17.7 Å². The Hall–Kier alpha value is -2.29. The number of nitrogens with one attached hydrogen (secondary N) is 2. The molecule has 0 aromatic heterocycles. The first-order valence-corrected chi connectivity index (χ1v) is 8.21. The van der Waals surface area contributed by atoms with E-state index < -0.39 is 0 Å². The van der Waals surface area contributed by atoms with E-state index >= 15 is 0 Å². The van der Waals surface area contributed by atoms with Gasteiger partial charge < -0.3 is 10.6 Å². The highest BCUT2D eigenvalue weighted by Crippen LogP contribution is 2.15. The number of para-hydroxylation sites is 1. The standard InChI is InChI=1S/C20H26N2O/c1-15(2)18-10-8-17(9-11-18)12-13-21-20(23)14-22-19-7-5-4-6-16(19)3/h4-11,15,22H,12-14H2,1-3H3,(H,21,23). The number of benzene rings is 2. The van der Waals surface area contributed by atoms with Crippen molar-refractivity contribution in [3.8, 4) is 0 Å². The molecule has 0 fully saturated rings. The van der Waals surface area contributed by atoms with E-state index in [0.29, 0.717) is 19.0 Å². The number of aryl methyl sites for hydroxylation is 1. The summed E-state index contributed by atoms with van der Waals surface area (Å²) in [5.41, 5.74) is 4.75. The van der Waals surface area contributed by atoms with Crippen LogP contribution in [-0.2, 0) is 11.2 Å². The summed E-state index contributed by atoms with van der Waals surface area (Å²) in [5, 5.41) is 6.13. The predicted molar refractivity (Wildman–Crippen MR) is 96.9 cm³/mol. The molecule has 23 heavy (non-hydrogen) atoms. The van der Waals surface area contributed by atoms with Gasteiger partial charge in [0, 0.05) is 12.2 Å². The lowest BCUT2D eigenvalue weighted by Gasteiger charge is -2.10. The van der Waals surface area contributed by atoms with Gasteiger partial charge in [-0.2, -0.15) is 0 Å². The topological polar surface area (TPSA) is 41.1 Å². The third-order valence-corrected chi connectivity index (χ3v) is 3.97. The fourth-order valence-corrected chi connectivity index (χ4v) is 2.42. The van der Waals surface area contributed by atoms with Crippen LogP contribution in [0.15, 0.2) is 48.5 Å². The molecule has 0 unspecified atom stereocenters. The number of rotatable bonds is 7. The Morgan fingerprint density at radius 1 is 1.04 bits per heavy atom. The van der Waals surface area contributed by atoms with Gasteiger partial charge in [0.05, 0.1) is 6.54 Å². The van der Waals surface area contributed by atoms with Crippen molar-refractivity contribution in [1.29, 1.82) is 0 Å². The highest BCUT2D eigenvalue weighted by Gasteiger charge is 2.03. The molecule has 1 amide bonds. The van der Waals surface area contributed by atoms with Crippen molar-refractivity contribution >= 4 is 11.6 Å². The zero-order chi connectivity index (χ0) is 16.7. The van der Waals surface area contributed by atoms with Gasteiger partial charge in [-0.1, -0.05) is 56.3 Å². The third-order valence-electron chi connectivity index (χ3n) is 3.97. The largest absolute Gasteiger partial charge is 0.376 e. The van der Waals surface area contributed by atoms with Crippen molar-refractivity contribution in [2.75, 3.05) is 18.4 Å². The maximum atomic E-state index is 11.9. The molecule has 2 aromatic carbocycles. The molecule has 0 aliphatic heterocycles. The minimum Gasteiger partial charge on any atom is -0.376 e. The average Bonchev–Trinajstić information content (AvgIpc) is 2.54. The van der Waals surface area contributed by atoms with Crippen molar-refractivity contribution in [1.82, 2.24) is 5.32 Å². The number of carbonyl (C=O) groups excluding carboxylic acids is 1. The number of anilines is 1. The van der Waals surface area contributed by atoms with Gasteiger partial charge in [0.15, 0.2) is 0 Å². The maximum absolute atomic E-state index is 11.9. The van der Waals surface area contributed by atoms with Crippen LogP contribution < -0.4 is 10.6 Å². The molecule has 0 saturated heterocycles. The SMILES string of the molecule is Cc1ccccc1NCC(=O)NCCc1ccc(C(C)C)cc1. The van der Waals surface area contributed by atoms with Crippen LogP contribution in [0, 0.1) is 6.92 Å². The summed E-state index contributed by atoms with van der Waals surface area (Å²) < 4.78 is 0. The molecule has 0 spiro atoms. The third kappa shape index (κ3) is 5.44. The number of hydrogen-bond acceptors (Lipinski definition) is 2. The highest BCUT2D eigenvalue weighted by molar-refractivity contribution is 5.80. The molecule has 2 aromatic rings. The zero-order valence-corrected chi connectivity index (χ0v) is 14.2. The number of carbonyl (C=O) groups is 1. The molecule has 3 nitrogen and oxygen atoms in total. The molecule has 0 radical (unpaired) electrons. The molecule has 0 atom stereocenters. The maximum Gasteiger partial charge on any atom is 0.239 e. The quantitative estimate of drug-likeness (QED) is 0.814. The van der Waals surface area contributed by atoms with Crippen molar-refractivity contribution in [2.24, 2.45) is 0 Å². The Morgan fingerprint density at radius 2 is 1.74 bits per heavy atom. The fourth-order valence-electron chi connectivity index (χ4n) is 2.42. The summed E-state index contributed by atoms with van der Waals surface area (Å²) in [6, 6.07) is 16.6. The molecular weight excluding hydrogens is 284 g/mol. The first-order chi connectivity index (χ1) is 11.1. The molecule has 0 aliphatic rings. The van der Waals surface area contributed by atoms with Crippen LogP contribution in [0.5, 0.6) is 0 Å². The summed E-state index contributed by atoms with van der Waals surface area (Å²) in [7, 11) is 0. The summed E-state index contributed by atoms with van der Waals surface area (Å²) >= 11 is 0. The average molecular weight is 310 g/mol. The van der Waals surface area contributed by atoms with Gasteiger partial charge in [-0.05, 0) is 42.0 Å². The van der Waals surface area contributed by atoms with Crippen molar-refractivity contribution < 1.29 is 4.79 Å². The van der Waals surface area contributed by atoms with Gasteiger partial charge in [0.2, 0.25) is 5.91 Å². The van der Waals surface area contributed by atoms with Crippen molar-refractivity contribution in [2.45, 2.75) is 33.1 Å². The zero-order valence-electron chi connectivity index (χ0n) is 14.2. The Labute approximate surface area is 139 Å². The molecule has 122 valence electrons. The summed E-state index contributed by atoms with van der Waals surface area (Å²) in [4.78, 5) is 11.9. The molecule has 0 saturated carbocycles. The Bertz CT molecular complexity index is 632. The summed E-state index contributed by atoms with van der Waals surface area (Å²) in [6.45, 7) is 7.38. The normalized spacial score (nSPS) is 10.6. The number of hydrogen-bond donors (Lipinski definition) is 2. The first-order valence-electron chi connectivity index (χ1n) is 8.21. The molecule has 2 rings (SSSR count). The van der Waals surface area contributed by atoms with Gasteiger partial charge in [-0.15, -0.1) is 0 Å². The van der Waals surface area contributed by atoms with E-state index in [1.807, 2.05) is 31.2 Å². The van der Waals surface area contributed by atoms with E-state index in [-0.39, 0.29) is 5.91 Å². The summed E-state index contributed by atoms with van der Waals surface area (Å²) in [6.07, 6.45) is 0.856. The van der Waals surface area contributed by atoms with Crippen LogP contribution in [-0.4, -0.2) is 19.0 Å². The minimum absolute atomic E-state index is 0.0204. The Kier molecular flexibility index (Phi) is 6.21. The monoisotopic (exact) mass is 310 g/mol. The smallest absolute Gasteiger partial charge is 0.239 e. The lowest BCUT2D eigenvalue weighted by atomic mass is 10.0. The molecule has 0 heterocycles. The van der Waals surface area contributed by atoms with E-state index in [1.54, 1.807) is 0 Å². The Balaban J connectivity index is 1.71. The Morgan fingerprint density at radius 3 is 2.39 bits per heavy atom. The van der Waals surface area contributed by atoms with Crippen LogP contribution in [0.4, 0.5) is 5.69 Å². The number of amides is 1. The lowest BCUT2D eigenvalue weighted by Crippen LogP contribution is -2.31. The second-order valence-electron chi connectivity index (χ2n) is 6.16. The highest BCUT2D eigenvalue weighted by atomic mass is 16.1. The van der Waals surface area contributed by atoms with Crippen LogP contribution >= 0.6 is 0 Å². The summed E-state index contributed by atoms with van der Waals surface area (Å²) in [5.74, 6) is 0.573. The van der Waals surface area contributed by atoms with Crippen LogP contribution in [0.2, 0.25) is 0 Å². The van der Waals surface area contributed by atoms with Gasteiger partial charge in [0.25, 0.3) is 0 Å². The minimum atomic E-state index is 0.0204. The van der Waals surface area contributed by atoms with Crippen LogP contribution in [0.1, 0.15) is 36.5 Å². The lowest BCUT2D eigenvalue weighted by molar-refractivity contribution is -0.119. The molecule has 0 bridgehead atoms. The van der Waals surface area contributed by atoms with Gasteiger partial charge in [0.1, 0.15) is 0 Å². The molecule has 2 N–H and O–H groups in total. The van der Waals surface area contributed by atoms with Crippen molar-refractivity contribution in [3.05, 3.63) is 65.2 Å². The van der Waals surface area contributed by atoms with E-state index in [1.165, 1.54) is 11.1 Å².